The first-order chi connectivity index (χ1) is 9.24. The van der Waals surface area contributed by atoms with Crippen molar-refractivity contribution < 1.29 is 4.79 Å². The van der Waals surface area contributed by atoms with Gasteiger partial charge < -0.3 is 16.0 Å². The van der Waals surface area contributed by atoms with Crippen LogP contribution in [0.25, 0.3) is 0 Å². The zero-order valence-electron chi connectivity index (χ0n) is 11.5. The average Bonchev–Trinajstić information content (AvgIpc) is 2.82. The van der Waals surface area contributed by atoms with Gasteiger partial charge in [0.15, 0.2) is 0 Å². The van der Waals surface area contributed by atoms with Crippen molar-refractivity contribution in [1.82, 2.24) is 15.3 Å². The van der Waals surface area contributed by atoms with E-state index in [9.17, 15) is 4.79 Å². The number of carbonyl (C=O) groups excluding carboxylic acids is 1. The van der Waals surface area contributed by atoms with Crippen molar-refractivity contribution in [2.24, 2.45) is 0 Å². The second-order valence-electron chi connectivity index (χ2n) is 4.68. The zero-order chi connectivity index (χ0) is 13.7. The molecule has 2 heterocycles. The SMILES string of the molecule is CCCNc1ncnc(NC2CNC(=O)C2)c1CC. The van der Waals surface area contributed by atoms with E-state index in [-0.39, 0.29) is 11.9 Å². The van der Waals surface area contributed by atoms with E-state index in [4.69, 9.17) is 0 Å². The molecule has 104 valence electrons. The number of nitrogens with one attached hydrogen (secondary N) is 3. The van der Waals surface area contributed by atoms with E-state index in [2.05, 4.69) is 39.8 Å². The molecular weight excluding hydrogens is 242 g/mol. The zero-order valence-corrected chi connectivity index (χ0v) is 11.5. The van der Waals surface area contributed by atoms with Crippen molar-refractivity contribution >= 4 is 17.5 Å². The summed E-state index contributed by atoms with van der Waals surface area (Å²) in [5.41, 5.74) is 1.08. The van der Waals surface area contributed by atoms with Gasteiger partial charge in [0.25, 0.3) is 0 Å². The van der Waals surface area contributed by atoms with Gasteiger partial charge in [0, 0.05) is 25.1 Å². The van der Waals surface area contributed by atoms with E-state index < -0.39 is 0 Å². The fourth-order valence-corrected chi connectivity index (χ4v) is 2.17. The normalized spacial score (nSPS) is 18.2. The summed E-state index contributed by atoms with van der Waals surface area (Å²) >= 11 is 0. The van der Waals surface area contributed by atoms with Gasteiger partial charge in [-0.15, -0.1) is 0 Å². The van der Waals surface area contributed by atoms with Crippen LogP contribution in [0.5, 0.6) is 0 Å². The Morgan fingerprint density at radius 1 is 1.37 bits per heavy atom. The molecule has 19 heavy (non-hydrogen) atoms. The molecule has 6 nitrogen and oxygen atoms in total. The molecule has 0 saturated carbocycles. The summed E-state index contributed by atoms with van der Waals surface area (Å²) in [7, 11) is 0. The molecule has 1 atom stereocenters. The van der Waals surface area contributed by atoms with Gasteiger partial charge in [-0.1, -0.05) is 13.8 Å². The monoisotopic (exact) mass is 263 g/mol. The summed E-state index contributed by atoms with van der Waals surface area (Å²) in [4.78, 5) is 19.8. The van der Waals surface area contributed by atoms with E-state index in [1.807, 2.05) is 0 Å². The maximum Gasteiger partial charge on any atom is 0.222 e. The van der Waals surface area contributed by atoms with Crippen molar-refractivity contribution in [2.75, 3.05) is 23.7 Å². The molecule has 1 aromatic heterocycles. The first-order valence-electron chi connectivity index (χ1n) is 6.85. The number of nitrogens with zero attached hydrogens (tertiary/aromatic N) is 2. The van der Waals surface area contributed by atoms with Crippen LogP contribution < -0.4 is 16.0 Å². The third kappa shape index (κ3) is 3.33. The van der Waals surface area contributed by atoms with Gasteiger partial charge in [-0.3, -0.25) is 4.79 Å². The average molecular weight is 263 g/mol. The van der Waals surface area contributed by atoms with Crippen molar-refractivity contribution in [3.8, 4) is 0 Å². The second kappa shape index (κ2) is 6.36. The number of anilines is 2. The van der Waals surface area contributed by atoms with Crippen LogP contribution in [-0.4, -0.2) is 35.0 Å². The van der Waals surface area contributed by atoms with Gasteiger partial charge in [0.05, 0.1) is 6.04 Å². The fourth-order valence-electron chi connectivity index (χ4n) is 2.17. The molecule has 0 aliphatic carbocycles. The first-order valence-corrected chi connectivity index (χ1v) is 6.85. The van der Waals surface area contributed by atoms with Gasteiger partial charge >= 0.3 is 0 Å². The highest BCUT2D eigenvalue weighted by Crippen LogP contribution is 2.22. The summed E-state index contributed by atoms with van der Waals surface area (Å²) in [5.74, 6) is 1.81. The molecule has 1 saturated heterocycles. The Morgan fingerprint density at radius 2 is 2.16 bits per heavy atom. The molecule has 1 aromatic rings. The lowest BCUT2D eigenvalue weighted by atomic mass is 10.2. The maximum absolute atomic E-state index is 11.2. The van der Waals surface area contributed by atoms with Gasteiger partial charge in [0.1, 0.15) is 18.0 Å². The molecule has 1 aliphatic rings. The van der Waals surface area contributed by atoms with Gasteiger partial charge in [-0.2, -0.15) is 0 Å². The van der Waals surface area contributed by atoms with Crippen LogP contribution in [0, 0.1) is 0 Å². The van der Waals surface area contributed by atoms with Crippen LogP contribution in [0.1, 0.15) is 32.3 Å². The summed E-state index contributed by atoms with van der Waals surface area (Å²) < 4.78 is 0. The molecule has 1 unspecified atom stereocenters. The van der Waals surface area contributed by atoms with Gasteiger partial charge in [-0.25, -0.2) is 9.97 Å². The van der Waals surface area contributed by atoms with Crippen LogP contribution in [0.3, 0.4) is 0 Å². The van der Waals surface area contributed by atoms with Crippen molar-refractivity contribution in [2.45, 2.75) is 39.2 Å². The van der Waals surface area contributed by atoms with Crippen LogP contribution in [0.2, 0.25) is 0 Å². The standard InChI is InChI=1S/C13H21N5O/c1-3-5-14-12-10(4-2)13(17-8-16-12)18-9-6-11(19)15-7-9/h8-9H,3-7H2,1-2H3,(H,15,19)(H2,14,16,17,18). The highest BCUT2D eigenvalue weighted by atomic mass is 16.1. The number of hydrogen-bond acceptors (Lipinski definition) is 5. The molecule has 1 fully saturated rings. The Morgan fingerprint density at radius 3 is 2.79 bits per heavy atom. The molecule has 0 aromatic carbocycles. The van der Waals surface area contributed by atoms with Crippen LogP contribution >= 0.6 is 0 Å². The van der Waals surface area contributed by atoms with Crippen LogP contribution in [0.15, 0.2) is 6.33 Å². The Labute approximate surface area is 113 Å². The molecule has 6 heteroatoms. The topological polar surface area (TPSA) is 78.9 Å². The third-order valence-corrected chi connectivity index (χ3v) is 3.16. The minimum absolute atomic E-state index is 0.0916. The summed E-state index contributed by atoms with van der Waals surface area (Å²) in [6.45, 7) is 5.75. The molecule has 0 bridgehead atoms. The smallest absolute Gasteiger partial charge is 0.222 e. The van der Waals surface area contributed by atoms with E-state index >= 15 is 0 Å². The van der Waals surface area contributed by atoms with E-state index in [0.29, 0.717) is 13.0 Å². The predicted molar refractivity (Wildman–Crippen MR) is 75.2 cm³/mol. The number of hydrogen-bond donors (Lipinski definition) is 3. The molecule has 3 N–H and O–H groups in total. The number of aromatic nitrogens is 2. The highest BCUT2D eigenvalue weighted by Gasteiger charge is 2.22. The van der Waals surface area contributed by atoms with Crippen LogP contribution in [0.4, 0.5) is 11.6 Å². The molecular formula is C13H21N5O. The molecule has 0 spiro atoms. The largest absolute Gasteiger partial charge is 0.370 e. The van der Waals surface area contributed by atoms with E-state index in [0.717, 1.165) is 36.6 Å². The lowest BCUT2D eigenvalue weighted by Crippen LogP contribution is -2.24. The number of carbonyl (C=O) groups is 1. The Hall–Kier alpha value is -1.85. The Balaban J connectivity index is 2.12. The van der Waals surface area contributed by atoms with E-state index in [1.165, 1.54) is 0 Å². The summed E-state index contributed by atoms with van der Waals surface area (Å²) in [6.07, 6.45) is 3.97. The summed E-state index contributed by atoms with van der Waals surface area (Å²) in [6, 6.07) is 0.117. The first kappa shape index (κ1) is 13.6. The number of amides is 1. The Bertz CT molecular complexity index is 449. The van der Waals surface area contributed by atoms with Crippen molar-refractivity contribution in [1.29, 1.82) is 0 Å². The minimum atomic E-state index is 0.0916. The fraction of sp³-hybridized carbons (Fsp3) is 0.615. The van der Waals surface area contributed by atoms with Crippen molar-refractivity contribution in [3.63, 3.8) is 0 Å². The van der Waals surface area contributed by atoms with Crippen LogP contribution in [-0.2, 0) is 11.2 Å². The van der Waals surface area contributed by atoms with Gasteiger partial charge in [0.2, 0.25) is 5.91 Å². The quantitative estimate of drug-likeness (QED) is 0.718. The lowest BCUT2D eigenvalue weighted by molar-refractivity contribution is -0.119. The summed E-state index contributed by atoms with van der Waals surface area (Å²) in [5, 5.41) is 9.46. The molecule has 1 amide bonds. The number of rotatable bonds is 6. The third-order valence-electron chi connectivity index (χ3n) is 3.16. The predicted octanol–water partition coefficient (Wildman–Crippen LogP) is 1.16. The molecule has 1 aliphatic heterocycles. The molecule has 0 radical (unpaired) electrons. The van der Waals surface area contributed by atoms with Gasteiger partial charge in [-0.05, 0) is 12.8 Å². The van der Waals surface area contributed by atoms with Crippen molar-refractivity contribution in [3.05, 3.63) is 11.9 Å². The van der Waals surface area contributed by atoms with E-state index in [1.54, 1.807) is 6.33 Å². The highest BCUT2D eigenvalue weighted by molar-refractivity contribution is 5.79. The molecule has 2 rings (SSSR count). The minimum Gasteiger partial charge on any atom is -0.370 e. The second-order valence-corrected chi connectivity index (χ2v) is 4.68. The Kier molecular flexibility index (Phi) is 4.54. The lowest BCUT2D eigenvalue weighted by Gasteiger charge is -2.16. The maximum atomic E-state index is 11.2.